The van der Waals surface area contributed by atoms with Crippen molar-refractivity contribution < 1.29 is 18.3 Å². The first-order valence-corrected chi connectivity index (χ1v) is 22.3. The molecule has 42 heavy (non-hydrogen) atoms. The van der Waals surface area contributed by atoms with Crippen LogP contribution in [0.25, 0.3) is 11.1 Å². The fourth-order valence-corrected chi connectivity index (χ4v) is 23.1. The Morgan fingerprint density at radius 2 is 1.43 bits per heavy atom. The molecule has 0 amide bonds. The summed E-state index contributed by atoms with van der Waals surface area (Å²) < 4.78 is 11.2. The molecule has 2 aliphatic rings. The normalized spacial score (nSPS) is 15.0. The Labute approximate surface area is 258 Å². The van der Waals surface area contributed by atoms with E-state index in [9.17, 15) is 0 Å². The van der Waals surface area contributed by atoms with Crippen LogP contribution in [0.3, 0.4) is 0 Å². The molecule has 0 atom stereocenters. The van der Waals surface area contributed by atoms with E-state index in [2.05, 4.69) is 139 Å². The summed E-state index contributed by atoms with van der Waals surface area (Å²) in [6.45, 7) is 16.1. The summed E-state index contributed by atoms with van der Waals surface area (Å²) in [6, 6.07) is 30.2. The molecule has 4 aromatic rings. The predicted molar refractivity (Wildman–Crippen MR) is 183 cm³/mol. The molecule has 2 aliphatic carbocycles. The van der Waals surface area contributed by atoms with Gasteiger partial charge in [-0.2, -0.15) is 0 Å². The number of aryl methyl sites for hydroxylation is 1. The maximum absolute atomic E-state index is 6.84. The number of benzene rings is 4. The number of hydrogen-bond acceptors (Lipinski definition) is 0. The van der Waals surface area contributed by atoms with Crippen LogP contribution >= 0.6 is 11.6 Å². The minimum atomic E-state index is -4.82. The molecule has 2 heteroatoms. The molecule has 0 N–H and O–H groups in total. The van der Waals surface area contributed by atoms with E-state index in [1.54, 1.807) is 0 Å². The van der Waals surface area contributed by atoms with Crippen molar-refractivity contribution in [3.63, 3.8) is 0 Å². The summed E-state index contributed by atoms with van der Waals surface area (Å²) in [7, 11) is 0. The third-order valence-corrected chi connectivity index (χ3v) is 26.5. The zero-order valence-electron chi connectivity index (χ0n) is 26.2. The van der Waals surface area contributed by atoms with Gasteiger partial charge >= 0.3 is 260 Å². The van der Waals surface area contributed by atoms with Gasteiger partial charge in [-0.05, 0) is 0 Å². The molecule has 0 radical (unpaired) electrons. The van der Waals surface area contributed by atoms with Crippen LogP contribution in [0.4, 0.5) is 0 Å². The molecule has 0 fully saturated rings. The molecule has 0 saturated heterocycles. The first-order valence-electron chi connectivity index (χ1n) is 15.3. The number of rotatable bonds is 4. The molecular weight excluding hydrogens is 607 g/mol. The van der Waals surface area contributed by atoms with Gasteiger partial charge in [0.05, 0.1) is 0 Å². The second-order valence-corrected chi connectivity index (χ2v) is 28.1. The molecular formula is C40H43ClZr. The van der Waals surface area contributed by atoms with Gasteiger partial charge < -0.3 is 0 Å². The zero-order chi connectivity index (χ0) is 30.1. The Morgan fingerprint density at radius 3 is 2.05 bits per heavy atom. The van der Waals surface area contributed by atoms with Gasteiger partial charge in [0.15, 0.2) is 0 Å². The standard InChI is InChI=1S/C21H25.C7H7.C6H4Cl.C5H5.CH2.Zr/c1-20(2,3)16-9-7-14-11-15-8-10-17(21(4,5)6)13-19(15)18(14)12-16;1-7-5-3-2-4-6-7;7-6-4-2-1-3-5-6;1-2-4-5-3-1;;/h7,9-10,12-13H,11H2,1-6H3;3-6H,1H3;1-2,4-5H;1-3H,4H2;1H2;. The van der Waals surface area contributed by atoms with Gasteiger partial charge in [0, 0.05) is 0 Å². The van der Waals surface area contributed by atoms with Gasteiger partial charge in [-0.3, -0.25) is 0 Å². The van der Waals surface area contributed by atoms with Gasteiger partial charge in [0.1, 0.15) is 0 Å². The summed E-state index contributed by atoms with van der Waals surface area (Å²) >= 11 is 2.03. The van der Waals surface area contributed by atoms with Gasteiger partial charge in [-0.15, -0.1) is 0 Å². The SMILES string of the molecule is [CH2]=[Zr]([C]1=CC=CC1)([c]1ccc(C)cc1)([c]1cccc(Cl)c1)[c]1cc(C(C)(C)C)cc2c1Cc1ccc(C(C)(C)C)cc1-2. The number of hydrogen-bond donors (Lipinski definition) is 0. The molecule has 0 spiro atoms. The Morgan fingerprint density at radius 1 is 0.738 bits per heavy atom. The van der Waals surface area contributed by atoms with Crippen LogP contribution in [0.2, 0.25) is 5.02 Å². The minimum absolute atomic E-state index is 0.0218. The van der Waals surface area contributed by atoms with Crippen molar-refractivity contribution in [1.82, 2.24) is 0 Å². The van der Waals surface area contributed by atoms with E-state index < -0.39 is 18.3 Å². The summed E-state index contributed by atoms with van der Waals surface area (Å²) in [5.74, 6) is 0. The van der Waals surface area contributed by atoms with Crippen molar-refractivity contribution >= 4 is 25.6 Å². The van der Waals surface area contributed by atoms with Gasteiger partial charge in [0.25, 0.3) is 0 Å². The molecule has 0 aromatic heterocycles. The van der Waals surface area contributed by atoms with Crippen LogP contribution in [-0.2, 0) is 35.5 Å². The van der Waals surface area contributed by atoms with E-state index in [4.69, 9.17) is 15.8 Å². The molecule has 0 aliphatic heterocycles. The molecule has 6 rings (SSSR count). The molecule has 0 bridgehead atoms. The van der Waals surface area contributed by atoms with Gasteiger partial charge in [-0.1, -0.05) is 0 Å². The van der Waals surface area contributed by atoms with Crippen LogP contribution in [0.15, 0.2) is 100 Å². The zero-order valence-corrected chi connectivity index (χ0v) is 29.5. The summed E-state index contributed by atoms with van der Waals surface area (Å²) in [4.78, 5) is 0. The number of fused-ring (bicyclic) bond motifs is 3. The monoisotopic (exact) mass is 648 g/mol. The van der Waals surface area contributed by atoms with E-state index in [1.165, 1.54) is 52.0 Å². The maximum atomic E-state index is 6.84. The van der Waals surface area contributed by atoms with Crippen LogP contribution in [0.1, 0.15) is 75.8 Å². The third kappa shape index (κ3) is 4.46. The topological polar surface area (TPSA) is 0 Å². The van der Waals surface area contributed by atoms with Crippen molar-refractivity contribution in [2.45, 2.75) is 72.1 Å². The Balaban J connectivity index is 1.82. The first kappa shape index (κ1) is 29.5. The summed E-state index contributed by atoms with van der Waals surface area (Å²) in [5.41, 5.74) is 9.74. The van der Waals surface area contributed by atoms with E-state index >= 15 is 0 Å². The average Bonchev–Trinajstić information content (AvgIpc) is 3.60. The number of halogens is 1. The quantitative estimate of drug-likeness (QED) is 0.182. The Hall–Kier alpha value is -2.60. The average molecular weight is 650 g/mol. The van der Waals surface area contributed by atoms with Crippen molar-refractivity contribution in [3.8, 4) is 11.1 Å². The van der Waals surface area contributed by atoms with Crippen LogP contribution in [-0.4, -0.2) is 4.21 Å². The van der Waals surface area contributed by atoms with Crippen LogP contribution in [0, 0.1) is 6.92 Å². The van der Waals surface area contributed by atoms with E-state index in [1.807, 2.05) is 6.07 Å². The van der Waals surface area contributed by atoms with Gasteiger partial charge in [0.2, 0.25) is 0 Å². The summed E-state index contributed by atoms with van der Waals surface area (Å²) in [6.07, 6.45) is 8.79. The second-order valence-electron chi connectivity index (χ2n) is 14.8. The molecule has 0 heterocycles. The fourth-order valence-electron chi connectivity index (χ4n) is 7.30. The second kappa shape index (κ2) is 9.97. The van der Waals surface area contributed by atoms with Crippen molar-refractivity contribution in [2.75, 3.05) is 0 Å². The Kier molecular flexibility index (Phi) is 7.00. The third-order valence-electron chi connectivity index (χ3n) is 9.97. The molecule has 4 aromatic carbocycles. The Bertz CT molecular complexity index is 1850. The van der Waals surface area contributed by atoms with Crippen molar-refractivity contribution in [1.29, 1.82) is 0 Å². The van der Waals surface area contributed by atoms with Crippen molar-refractivity contribution in [2.24, 2.45) is 0 Å². The molecule has 0 unspecified atom stereocenters. The van der Waals surface area contributed by atoms with Crippen molar-refractivity contribution in [3.05, 3.63) is 133 Å². The predicted octanol–water partition coefficient (Wildman–Crippen LogP) is 9.06. The van der Waals surface area contributed by atoms with E-state index in [-0.39, 0.29) is 10.8 Å². The molecule has 214 valence electrons. The first-order chi connectivity index (χ1) is 19.7. The van der Waals surface area contributed by atoms with E-state index in [0.717, 1.165) is 17.9 Å². The van der Waals surface area contributed by atoms with Gasteiger partial charge in [-0.25, -0.2) is 0 Å². The molecule has 0 nitrogen and oxygen atoms in total. The van der Waals surface area contributed by atoms with E-state index in [0.29, 0.717) is 0 Å². The van der Waals surface area contributed by atoms with Crippen LogP contribution in [0.5, 0.6) is 0 Å². The fraction of sp³-hybridized carbons (Fsp3) is 0.275. The summed E-state index contributed by atoms with van der Waals surface area (Å²) in [5, 5.41) is 0.775. The molecule has 0 saturated carbocycles. The van der Waals surface area contributed by atoms with Crippen LogP contribution < -0.4 is 9.81 Å². The number of allylic oxidation sites excluding steroid dienone is 4.